The molecule has 1 aromatic rings. The third kappa shape index (κ3) is 3.51. The molecule has 0 aromatic carbocycles. The number of nitrogens with zero attached hydrogens (tertiary/aromatic N) is 2. The third-order valence-electron chi connectivity index (χ3n) is 3.59. The lowest BCUT2D eigenvalue weighted by Crippen LogP contribution is -2.42. The van der Waals surface area contributed by atoms with E-state index >= 15 is 0 Å². The van der Waals surface area contributed by atoms with E-state index in [1.807, 2.05) is 6.92 Å². The lowest BCUT2D eigenvalue weighted by molar-refractivity contribution is -0.0319. The molecule has 2 rings (SSSR count). The van der Waals surface area contributed by atoms with Crippen molar-refractivity contribution in [1.82, 2.24) is 9.88 Å². The van der Waals surface area contributed by atoms with Crippen molar-refractivity contribution in [3.63, 3.8) is 0 Å². The molecule has 1 N–H and O–H groups in total. The zero-order chi connectivity index (χ0) is 13.0. The molecule has 0 bridgehead atoms. The lowest BCUT2D eigenvalue weighted by Gasteiger charge is -2.38. The van der Waals surface area contributed by atoms with E-state index in [0.29, 0.717) is 0 Å². The summed E-state index contributed by atoms with van der Waals surface area (Å²) in [6, 6.07) is 0. The van der Waals surface area contributed by atoms with Gasteiger partial charge in [0.2, 0.25) is 0 Å². The number of hydrogen-bond acceptors (Lipinski definition) is 5. The molecule has 0 aliphatic carbocycles. The standard InChI is InChI=1S/C13H22N2O2S/c1-11-14-12(8-18-11)7-15(2)9-13(10-16)3-5-17-6-4-13/h8,16H,3-7,9-10H2,1-2H3. The number of aromatic nitrogens is 1. The van der Waals surface area contributed by atoms with Crippen LogP contribution in [0.2, 0.25) is 0 Å². The van der Waals surface area contributed by atoms with Crippen LogP contribution < -0.4 is 0 Å². The Balaban J connectivity index is 1.90. The van der Waals surface area contributed by atoms with Crippen LogP contribution in [0.15, 0.2) is 5.38 Å². The maximum absolute atomic E-state index is 9.66. The monoisotopic (exact) mass is 270 g/mol. The second-order valence-electron chi connectivity index (χ2n) is 5.30. The maximum atomic E-state index is 9.66. The van der Waals surface area contributed by atoms with E-state index in [1.54, 1.807) is 11.3 Å². The van der Waals surface area contributed by atoms with Crippen LogP contribution >= 0.6 is 11.3 Å². The Bertz CT molecular complexity index is 375. The fourth-order valence-electron chi connectivity index (χ4n) is 2.56. The van der Waals surface area contributed by atoms with Crippen molar-refractivity contribution in [2.24, 2.45) is 5.41 Å². The second-order valence-corrected chi connectivity index (χ2v) is 6.36. The van der Waals surface area contributed by atoms with Gasteiger partial charge in [-0.1, -0.05) is 0 Å². The number of rotatable bonds is 5. The summed E-state index contributed by atoms with van der Waals surface area (Å²) in [5, 5.41) is 12.9. The largest absolute Gasteiger partial charge is 0.396 e. The van der Waals surface area contributed by atoms with Crippen LogP contribution in [0.5, 0.6) is 0 Å². The van der Waals surface area contributed by atoms with E-state index in [1.165, 1.54) is 0 Å². The van der Waals surface area contributed by atoms with Crippen molar-refractivity contribution in [2.75, 3.05) is 33.4 Å². The van der Waals surface area contributed by atoms with E-state index < -0.39 is 0 Å². The summed E-state index contributed by atoms with van der Waals surface area (Å²) in [4.78, 5) is 6.74. The highest BCUT2D eigenvalue weighted by atomic mass is 32.1. The normalized spacial score (nSPS) is 19.3. The van der Waals surface area contributed by atoms with Gasteiger partial charge in [-0.3, -0.25) is 4.90 Å². The van der Waals surface area contributed by atoms with Gasteiger partial charge in [0, 0.05) is 37.1 Å². The van der Waals surface area contributed by atoms with E-state index in [4.69, 9.17) is 4.74 Å². The van der Waals surface area contributed by atoms with Crippen LogP contribution in [0.25, 0.3) is 0 Å². The first kappa shape index (κ1) is 13.9. The summed E-state index contributed by atoms with van der Waals surface area (Å²) >= 11 is 1.69. The summed E-state index contributed by atoms with van der Waals surface area (Å²) in [5.74, 6) is 0. The molecule has 2 heterocycles. The Morgan fingerprint density at radius 2 is 2.22 bits per heavy atom. The molecule has 1 fully saturated rings. The minimum Gasteiger partial charge on any atom is -0.396 e. The predicted molar refractivity (Wildman–Crippen MR) is 72.8 cm³/mol. The molecular weight excluding hydrogens is 248 g/mol. The number of ether oxygens (including phenoxy) is 1. The van der Waals surface area contributed by atoms with Gasteiger partial charge in [0.25, 0.3) is 0 Å². The molecule has 0 radical (unpaired) electrons. The summed E-state index contributed by atoms with van der Waals surface area (Å²) in [6.07, 6.45) is 1.90. The second kappa shape index (κ2) is 6.10. The van der Waals surface area contributed by atoms with Gasteiger partial charge in [-0.15, -0.1) is 11.3 Å². The SMILES string of the molecule is Cc1nc(CN(C)CC2(CO)CCOCC2)cs1. The smallest absolute Gasteiger partial charge is 0.0897 e. The number of aliphatic hydroxyl groups is 1. The molecule has 0 spiro atoms. The van der Waals surface area contributed by atoms with Gasteiger partial charge in [0.15, 0.2) is 0 Å². The number of hydrogen-bond donors (Lipinski definition) is 1. The first-order valence-electron chi connectivity index (χ1n) is 6.42. The molecule has 1 aliphatic rings. The quantitative estimate of drug-likeness (QED) is 0.884. The molecule has 0 saturated carbocycles. The average Bonchev–Trinajstić information content (AvgIpc) is 2.75. The molecular formula is C13H22N2O2S. The minimum atomic E-state index is 0.0120. The van der Waals surface area contributed by atoms with Crippen molar-refractivity contribution in [1.29, 1.82) is 0 Å². The summed E-state index contributed by atoms with van der Waals surface area (Å²) < 4.78 is 5.39. The Morgan fingerprint density at radius 3 is 2.78 bits per heavy atom. The molecule has 0 atom stereocenters. The Kier molecular flexibility index (Phi) is 4.72. The first-order chi connectivity index (χ1) is 8.63. The third-order valence-corrected chi connectivity index (χ3v) is 4.42. The molecule has 102 valence electrons. The summed E-state index contributed by atoms with van der Waals surface area (Å²) in [6.45, 7) is 5.57. The number of thiazole rings is 1. The van der Waals surface area contributed by atoms with Crippen LogP contribution in [0.4, 0.5) is 0 Å². The number of aryl methyl sites for hydroxylation is 1. The van der Waals surface area contributed by atoms with Crippen molar-refractivity contribution in [3.8, 4) is 0 Å². The molecule has 1 aliphatic heterocycles. The van der Waals surface area contributed by atoms with Crippen LogP contribution in [0.3, 0.4) is 0 Å². The molecule has 5 heteroatoms. The fourth-order valence-corrected chi connectivity index (χ4v) is 3.16. The Hall–Kier alpha value is -0.490. The molecule has 1 aromatic heterocycles. The Morgan fingerprint density at radius 1 is 1.50 bits per heavy atom. The van der Waals surface area contributed by atoms with Gasteiger partial charge in [-0.2, -0.15) is 0 Å². The van der Waals surface area contributed by atoms with Gasteiger partial charge in [0.05, 0.1) is 17.3 Å². The lowest BCUT2D eigenvalue weighted by atomic mass is 9.80. The highest BCUT2D eigenvalue weighted by Crippen LogP contribution is 2.31. The van der Waals surface area contributed by atoms with Crippen LogP contribution in [0.1, 0.15) is 23.5 Å². The van der Waals surface area contributed by atoms with Crippen molar-refractivity contribution in [2.45, 2.75) is 26.3 Å². The molecule has 18 heavy (non-hydrogen) atoms. The van der Waals surface area contributed by atoms with Crippen LogP contribution in [-0.2, 0) is 11.3 Å². The predicted octanol–water partition coefficient (Wildman–Crippen LogP) is 1.67. The highest BCUT2D eigenvalue weighted by Gasteiger charge is 2.33. The van der Waals surface area contributed by atoms with Gasteiger partial charge in [-0.25, -0.2) is 4.98 Å². The van der Waals surface area contributed by atoms with Gasteiger partial charge in [0.1, 0.15) is 0 Å². The average molecular weight is 270 g/mol. The van der Waals surface area contributed by atoms with Gasteiger partial charge >= 0.3 is 0 Å². The topological polar surface area (TPSA) is 45.6 Å². The maximum Gasteiger partial charge on any atom is 0.0897 e. The van der Waals surface area contributed by atoms with E-state index in [0.717, 1.165) is 49.8 Å². The van der Waals surface area contributed by atoms with Crippen molar-refractivity contribution < 1.29 is 9.84 Å². The highest BCUT2D eigenvalue weighted by molar-refractivity contribution is 7.09. The zero-order valence-electron chi connectivity index (χ0n) is 11.2. The summed E-state index contributed by atoms with van der Waals surface area (Å²) in [5.41, 5.74) is 1.14. The van der Waals surface area contributed by atoms with Gasteiger partial charge < -0.3 is 9.84 Å². The van der Waals surface area contributed by atoms with Crippen LogP contribution in [-0.4, -0.2) is 48.4 Å². The molecule has 0 amide bonds. The molecule has 1 saturated heterocycles. The summed E-state index contributed by atoms with van der Waals surface area (Å²) in [7, 11) is 2.10. The van der Waals surface area contributed by atoms with Gasteiger partial charge in [-0.05, 0) is 26.8 Å². The number of aliphatic hydroxyl groups excluding tert-OH is 1. The van der Waals surface area contributed by atoms with E-state index in [-0.39, 0.29) is 12.0 Å². The van der Waals surface area contributed by atoms with E-state index in [2.05, 4.69) is 22.3 Å². The molecule has 4 nitrogen and oxygen atoms in total. The zero-order valence-corrected chi connectivity index (χ0v) is 12.0. The van der Waals surface area contributed by atoms with Crippen LogP contribution in [0, 0.1) is 12.3 Å². The minimum absolute atomic E-state index is 0.0120. The fraction of sp³-hybridized carbons (Fsp3) is 0.769. The van der Waals surface area contributed by atoms with Crippen molar-refractivity contribution >= 4 is 11.3 Å². The first-order valence-corrected chi connectivity index (χ1v) is 7.30. The van der Waals surface area contributed by atoms with Crippen molar-refractivity contribution in [3.05, 3.63) is 16.1 Å². The molecule has 0 unspecified atom stereocenters. The Labute approximate surface area is 113 Å². The van der Waals surface area contributed by atoms with E-state index in [9.17, 15) is 5.11 Å².